The summed E-state index contributed by atoms with van der Waals surface area (Å²) in [6.45, 7) is 0.298. The van der Waals surface area contributed by atoms with Gasteiger partial charge in [0.05, 0.1) is 25.6 Å². The summed E-state index contributed by atoms with van der Waals surface area (Å²) in [6, 6.07) is 11.3. The lowest BCUT2D eigenvalue weighted by molar-refractivity contribution is -0.384. The van der Waals surface area contributed by atoms with Crippen LogP contribution in [0.2, 0.25) is 0 Å². The van der Waals surface area contributed by atoms with Crippen LogP contribution in [-0.4, -0.2) is 25.1 Å². The van der Waals surface area contributed by atoms with E-state index in [0.29, 0.717) is 23.6 Å². The van der Waals surface area contributed by atoms with Gasteiger partial charge in [0.25, 0.3) is 5.69 Å². The molecule has 126 valence electrons. The van der Waals surface area contributed by atoms with E-state index in [2.05, 4.69) is 5.32 Å². The minimum atomic E-state index is -0.473. The number of amides is 1. The first-order valence-corrected chi connectivity index (χ1v) is 7.25. The number of nitrogens with one attached hydrogen (secondary N) is 1. The van der Waals surface area contributed by atoms with E-state index in [-0.39, 0.29) is 18.0 Å². The summed E-state index contributed by atoms with van der Waals surface area (Å²) in [5, 5.41) is 13.4. The van der Waals surface area contributed by atoms with Crippen LogP contribution < -0.4 is 14.8 Å². The van der Waals surface area contributed by atoms with Crippen LogP contribution >= 0.6 is 0 Å². The number of nitro groups is 1. The quantitative estimate of drug-likeness (QED) is 0.622. The van der Waals surface area contributed by atoms with Gasteiger partial charge >= 0.3 is 0 Å². The van der Waals surface area contributed by atoms with Crippen molar-refractivity contribution in [1.29, 1.82) is 0 Å². The highest BCUT2D eigenvalue weighted by molar-refractivity contribution is 5.78. The fraction of sp³-hybridized carbons (Fsp3) is 0.235. The second kappa shape index (κ2) is 7.96. The van der Waals surface area contributed by atoms with Crippen molar-refractivity contribution in [2.24, 2.45) is 0 Å². The van der Waals surface area contributed by atoms with Gasteiger partial charge < -0.3 is 14.8 Å². The molecule has 0 spiro atoms. The van der Waals surface area contributed by atoms with Gasteiger partial charge in [-0.3, -0.25) is 14.9 Å². The van der Waals surface area contributed by atoms with Crippen LogP contribution in [0.4, 0.5) is 5.69 Å². The average molecular weight is 330 g/mol. The number of carbonyl (C=O) groups excluding carboxylic acids is 1. The number of non-ortho nitro benzene ring substituents is 1. The summed E-state index contributed by atoms with van der Waals surface area (Å²) in [4.78, 5) is 22.2. The van der Waals surface area contributed by atoms with E-state index in [4.69, 9.17) is 9.47 Å². The molecule has 1 N–H and O–H groups in total. The molecule has 0 radical (unpaired) electrons. The summed E-state index contributed by atoms with van der Waals surface area (Å²) in [5.41, 5.74) is 1.50. The van der Waals surface area contributed by atoms with Crippen LogP contribution in [0.15, 0.2) is 42.5 Å². The van der Waals surface area contributed by atoms with Gasteiger partial charge in [0.1, 0.15) is 0 Å². The van der Waals surface area contributed by atoms with Crippen LogP contribution in [0, 0.1) is 10.1 Å². The van der Waals surface area contributed by atoms with Crippen LogP contribution in [0.1, 0.15) is 11.1 Å². The van der Waals surface area contributed by atoms with Crippen LogP contribution in [-0.2, 0) is 17.8 Å². The van der Waals surface area contributed by atoms with Crippen LogP contribution in [0.3, 0.4) is 0 Å². The molecule has 0 aromatic heterocycles. The summed E-state index contributed by atoms with van der Waals surface area (Å²) in [6.07, 6.45) is 0.143. The van der Waals surface area contributed by atoms with E-state index in [1.807, 2.05) is 12.1 Å². The molecular formula is C17H18N2O5. The van der Waals surface area contributed by atoms with Crippen molar-refractivity contribution >= 4 is 11.6 Å². The Bertz CT molecular complexity index is 728. The van der Waals surface area contributed by atoms with E-state index in [1.165, 1.54) is 12.1 Å². The third kappa shape index (κ3) is 4.22. The highest BCUT2D eigenvalue weighted by Gasteiger charge is 2.11. The highest BCUT2D eigenvalue weighted by atomic mass is 16.6. The normalized spacial score (nSPS) is 10.1. The zero-order valence-corrected chi connectivity index (χ0v) is 13.4. The summed E-state index contributed by atoms with van der Waals surface area (Å²) in [7, 11) is 3.09. The Kier molecular flexibility index (Phi) is 5.73. The minimum Gasteiger partial charge on any atom is -0.493 e. The maximum atomic E-state index is 12.0. The molecule has 0 aliphatic carbocycles. The Labute approximate surface area is 139 Å². The standard InChI is InChI=1S/C17H18N2O5/c1-23-15-5-3-4-13(17(15)24-2)11-18-16(20)10-12-6-8-14(9-7-12)19(21)22/h3-9H,10-11H2,1-2H3,(H,18,20). The van der Waals surface area contributed by atoms with E-state index in [0.717, 1.165) is 5.56 Å². The maximum absolute atomic E-state index is 12.0. The van der Waals surface area contributed by atoms with Crippen molar-refractivity contribution in [3.05, 3.63) is 63.7 Å². The predicted octanol–water partition coefficient (Wildman–Crippen LogP) is 2.47. The Morgan fingerprint density at radius 1 is 1.12 bits per heavy atom. The summed E-state index contributed by atoms with van der Waals surface area (Å²) < 4.78 is 10.5. The molecule has 0 unspecified atom stereocenters. The smallest absolute Gasteiger partial charge is 0.269 e. The number of carbonyl (C=O) groups is 1. The SMILES string of the molecule is COc1cccc(CNC(=O)Cc2ccc([N+](=O)[O-])cc2)c1OC. The number of rotatable bonds is 7. The van der Waals surface area contributed by atoms with Gasteiger partial charge in [0, 0.05) is 24.2 Å². The molecule has 0 fully saturated rings. The second-order valence-electron chi connectivity index (χ2n) is 5.03. The molecular weight excluding hydrogens is 312 g/mol. The number of nitro benzene ring substituents is 1. The zero-order chi connectivity index (χ0) is 17.5. The number of ether oxygens (including phenoxy) is 2. The average Bonchev–Trinajstić information content (AvgIpc) is 2.59. The van der Waals surface area contributed by atoms with E-state index in [9.17, 15) is 14.9 Å². The summed E-state index contributed by atoms with van der Waals surface area (Å²) >= 11 is 0. The van der Waals surface area contributed by atoms with Crippen molar-refractivity contribution in [3.63, 3.8) is 0 Å². The third-order valence-corrected chi connectivity index (χ3v) is 3.47. The first-order valence-electron chi connectivity index (χ1n) is 7.25. The van der Waals surface area contributed by atoms with E-state index >= 15 is 0 Å². The van der Waals surface area contributed by atoms with Crippen molar-refractivity contribution in [1.82, 2.24) is 5.32 Å². The van der Waals surface area contributed by atoms with Crippen LogP contribution in [0.5, 0.6) is 11.5 Å². The number of para-hydroxylation sites is 1. The highest BCUT2D eigenvalue weighted by Crippen LogP contribution is 2.30. The number of benzene rings is 2. The van der Waals surface area contributed by atoms with Gasteiger partial charge in [-0.25, -0.2) is 0 Å². The molecule has 0 saturated carbocycles. The largest absolute Gasteiger partial charge is 0.493 e. The Hall–Kier alpha value is -3.09. The molecule has 0 heterocycles. The second-order valence-corrected chi connectivity index (χ2v) is 5.03. The fourth-order valence-electron chi connectivity index (χ4n) is 2.27. The molecule has 2 rings (SSSR count). The monoisotopic (exact) mass is 330 g/mol. The molecule has 0 atom stereocenters. The van der Waals surface area contributed by atoms with Crippen LogP contribution in [0.25, 0.3) is 0 Å². The number of hydrogen-bond acceptors (Lipinski definition) is 5. The van der Waals surface area contributed by atoms with Gasteiger partial charge in [0.15, 0.2) is 11.5 Å². The maximum Gasteiger partial charge on any atom is 0.269 e. The van der Waals surface area contributed by atoms with Gasteiger partial charge in [0.2, 0.25) is 5.91 Å². The zero-order valence-electron chi connectivity index (χ0n) is 13.4. The molecule has 1 amide bonds. The van der Waals surface area contributed by atoms with Crippen molar-refractivity contribution in [2.45, 2.75) is 13.0 Å². The lowest BCUT2D eigenvalue weighted by Gasteiger charge is -2.13. The molecule has 0 bridgehead atoms. The Balaban J connectivity index is 1.97. The van der Waals surface area contributed by atoms with Gasteiger partial charge in [-0.2, -0.15) is 0 Å². The molecule has 24 heavy (non-hydrogen) atoms. The first kappa shape index (κ1) is 17.3. The molecule has 7 heteroatoms. The van der Waals surface area contributed by atoms with Gasteiger partial charge in [-0.1, -0.05) is 24.3 Å². The van der Waals surface area contributed by atoms with Crippen molar-refractivity contribution in [2.75, 3.05) is 14.2 Å². The fourth-order valence-corrected chi connectivity index (χ4v) is 2.27. The number of hydrogen-bond donors (Lipinski definition) is 1. The molecule has 7 nitrogen and oxygen atoms in total. The number of methoxy groups -OCH3 is 2. The summed E-state index contributed by atoms with van der Waals surface area (Å²) in [5.74, 6) is 0.990. The van der Waals surface area contributed by atoms with E-state index in [1.54, 1.807) is 32.4 Å². The lowest BCUT2D eigenvalue weighted by atomic mass is 10.1. The Morgan fingerprint density at radius 2 is 1.83 bits per heavy atom. The molecule has 2 aromatic rings. The third-order valence-electron chi connectivity index (χ3n) is 3.47. The number of nitrogens with zero attached hydrogens (tertiary/aromatic N) is 1. The van der Waals surface area contributed by atoms with Gasteiger partial charge in [-0.15, -0.1) is 0 Å². The minimum absolute atomic E-state index is 0.000255. The molecule has 2 aromatic carbocycles. The van der Waals surface area contributed by atoms with E-state index < -0.39 is 4.92 Å². The molecule has 0 aliphatic heterocycles. The predicted molar refractivity (Wildman–Crippen MR) is 88.2 cm³/mol. The lowest BCUT2D eigenvalue weighted by Crippen LogP contribution is -2.24. The Morgan fingerprint density at radius 3 is 2.42 bits per heavy atom. The van der Waals surface area contributed by atoms with Crippen molar-refractivity contribution < 1.29 is 19.2 Å². The molecule has 0 saturated heterocycles. The topological polar surface area (TPSA) is 90.7 Å². The van der Waals surface area contributed by atoms with Crippen molar-refractivity contribution in [3.8, 4) is 11.5 Å². The molecule has 0 aliphatic rings. The first-order chi connectivity index (χ1) is 11.5. The van der Waals surface area contributed by atoms with Gasteiger partial charge in [-0.05, 0) is 11.6 Å².